The number of halogens is 2. The number of anilines is 2. The molecule has 1 N–H and O–H groups in total. The molecule has 2 unspecified atom stereocenters. The lowest BCUT2D eigenvalue weighted by Crippen LogP contribution is -2.47. The van der Waals surface area contributed by atoms with E-state index in [0.29, 0.717) is 39.9 Å². The summed E-state index contributed by atoms with van der Waals surface area (Å²) in [7, 11) is 3.07. The quantitative estimate of drug-likeness (QED) is 0.459. The molecule has 3 aromatic carbocycles. The van der Waals surface area contributed by atoms with Gasteiger partial charge in [-0.15, -0.1) is 0 Å². The van der Waals surface area contributed by atoms with E-state index in [9.17, 15) is 14.0 Å². The van der Waals surface area contributed by atoms with Crippen molar-refractivity contribution in [2.24, 2.45) is 5.92 Å². The highest BCUT2D eigenvalue weighted by Crippen LogP contribution is 2.41. The Kier molecular flexibility index (Phi) is 7.26. The van der Waals surface area contributed by atoms with Crippen LogP contribution in [0.25, 0.3) is 0 Å². The van der Waals surface area contributed by atoms with Crippen LogP contribution < -0.4 is 19.7 Å². The molecule has 1 aliphatic heterocycles. The second-order valence-corrected chi connectivity index (χ2v) is 8.80. The van der Waals surface area contributed by atoms with Crippen molar-refractivity contribution in [1.29, 1.82) is 0 Å². The van der Waals surface area contributed by atoms with Crippen molar-refractivity contribution in [3.63, 3.8) is 0 Å². The molecule has 1 aliphatic rings. The summed E-state index contributed by atoms with van der Waals surface area (Å²) >= 11 is 6.21. The predicted molar refractivity (Wildman–Crippen MR) is 134 cm³/mol. The van der Waals surface area contributed by atoms with Gasteiger partial charge in [0.15, 0.2) is 0 Å². The third-order valence-corrected chi connectivity index (χ3v) is 6.64. The fourth-order valence-electron chi connectivity index (χ4n) is 4.41. The second kappa shape index (κ2) is 10.4. The molecule has 1 saturated heterocycles. The van der Waals surface area contributed by atoms with Crippen LogP contribution >= 0.6 is 11.6 Å². The number of methoxy groups -OCH3 is 2. The number of amides is 2. The van der Waals surface area contributed by atoms with E-state index in [1.54, 1.807) is 60.5 Å². The third-order valence-electron chi connectivity index (χ3n) is 6.23. The summed E-state index contributed by atoms with van der Waals surface area (Å²) in [5.74, 6) is -0.295. The minimum absolute atomic E-state index is 0.117. The standard InChI is InChI=1S/C27H26ClFN2O4/c1-16-14-23(24(35-3)15-22(16)28)30-27(33)21-12-13-25(32)31(19-8-10-20(34-2)11-9-19)26(21)17-4-6-18(29)7-5-17/h4-11,14-15,21,26H,12-13H2,1-3H3,(H,30,33). The zero-order chi connectivity index (χ0) is 25.1. The van der Waals surface area contributed by atoms with E-state index in [4.69, 9.17) is 21.1 Å². The highest BCUT2D eigenvalue weighted by atomic mass is 35.5. The summed E-state index contributed by atoms with van der Waals surface area (Å²) in [5.41, 5.74) is 2.57. The third kappa shape index (κ3) is 5.10. The van der Waals surface area contributed by atoms with Gasteiger partial charge in [0.2, 0.25) is 11.8 Å². The predicted octanol–water partition coefficient (Wildman–Crippen LogP) is 5.93. The van der Waals surface area contributed by atoms with Gasteiger partial charge in [-0.1, -0.05) is 23.7 Å². The van der Waals surface area contributed by atoms with Crippen LogP contribution in [0.3, 0.4) is 0 Å². The largest absolute Gasteiger partial charge is 0.497 e. The SMILES string of the molecule is COc1ccc(N2C(=O)CCC(C(=O)Nc3cc(C)c(Cl)cc3OC)C2c2ccc(F)cc2)cc1. The molecule has 0 spiro atoms. The highest BCUT2D eigenvalue weighted by Gasteiger charge is 2.41. The molecular formula is C27H26ClFN2O4. The molecule has 3 aromatic rings. The van der Waals surface area contributed by atoms with Crippen molar-refractivity contribution in [2.45, 2.75) is 25.8 Å². The van der Waals surface area contributed by atoms with E-state index in [2.05, 4.69) is 5.32 Å². The Morgan fingerprint density at radius 1 is 1.06 bits per heavy atom. The number of ether oxygens (including phenoxy) is 2. The number of hydrogen-bond donors (Lipinski definition) is 1. The number of carbonyl (C=O) groups is 2. The van der Waals surface area contributed by atoms with Crippen LogP contribution in [0.15, 0.2) is 60.7 Å². The minimum atomic E-state index is -0.635. The maximum absolute atomic E-state index is 13.7. The van der Waals surface area contributed by atoms with E-state index in [-0.39, 0.29) is 18.2 Å². The highest BCUT2D eigenvalue weighted by molar-refractivity contribution is 6.31. The first-order chi connectivity index (χ1) is 16.8. The fraction of sp³-hybridized carbons (Fsp3) is 0.259. The summed E-state index contributed by atoms with van der Waals surface area (Å²) in [6.07, 6.45) is 0.535. The summed E-state index contributed by atoms with van der Waals surface area (Å²) in [6, 6.07) is 15.7. The van der Waals surface area contributed by atoms with E-state index >= 15 is 0 Å². The molecule has 182 valence electrons. The van der Waals surface area contributed by atoms with Crippen LogP contribution in [0.4, 0.5) is 15.8 Å². The molecule has 0 aliphatic carbocycles. The van der Waals surface area contributed by atoms with Crippen molar-refractivity contribution in [2.75, 3.05) is 24.4 Å². The van der Waals surface area contributed by atoms with Crippen molar-refractivity contribution < 1.29 is 23.5 Å². The van der Waals surface area contributed by atoms with Crippen molar-refractivity contribution in [3.05, 3.63) is 82.6 Å². The normalized spacial score (nSPS) is 17.7. The van der Waals surface area contributed by atoms with Gasteiger partial charge in [0.05, 0.1) is 31.9 Å². The van der Waals surface area contributed by atoms with Crippen LogP contribution in [0.5, 0.6) is 11.5 Å². The van der Waals surface area contributed by atoms with Gasteiger partial charge in [0.1, 0.15) is 17.3 Å². The van der Waals surface area contributed by atoms with Gasteiger partial charge in [-0.05, 0) is 66.9 Å². The maximum atomic E-state index is 13.7. The number of carbonyl (C=O) groups excluding carboxylic acids is 2. The Hall–Kier alpha value is -3.58. The molecule has 35 heavy (non-hydrogen) atoms. The van der Waals surface area contributed by atoms with E-state index in [0.717, 1.165) is 5.56 Å². The van der Waals surface area contributed by atoms with Crippen LogP contribution in [0, 0.1) is 18.7 Å². The van der Waals surface area contributed by atoms with Gasteiger partial charge in [0.25, 0.3) is 0 Å². The van der Waals surface area contributed by atoms with Gasteiger partial charge in [-0.2, -0.15) is 0 Å². The van der Waals surface area contributed by atoms with E-state index in [1.165, 1.54) is 19.2 Å². The topological polar surface area (TPSA) is 67.9 Å². The smallest absolute Gasteiger partial charge is 0.230 e. The number of nitrogens with zero attached hydrogens (tertiary/aromatic N) is 1. The number of aryl methyl sites for hydroxylation is 1. The lowest BCUT2D eigenvalue weighted by atomic mass is 9.83. The maximum Gasteiger partial charge on any atom is 0.230 e. The summed E-state index contributed by atoms with van der Waals surface area (Å²) in [6.45, 7) is 1.84. The molecule has 0 radical (unpaired) electrons. The molecule has 0 bridgehead atoms. The number of piperidine rings is 1. The Morgan fingerprint density at radius 2 is 1.74 bits per heavy atom. The molecule has 0 aromatic heterocycles. The first kappa shape index (κ1) is 24.5. The Bertz CT molecular complexity index is 1230. The summed E-state index contributed by atoms with van der Waals surface area (Å²) < 4.78 is 24.4. The molecule has 4 rings (SSSR count). The van der Waals surface area contributed by atoms with Crippen molar-refractivity contribution in [3.8, 4) is 11.5 Å². The van der Waals surface area contributed by atoms with Crippen molar-refractivity contribution in [1.82, 2.24) is 0 Å². The van der Waals surface area contributed by atoms with Crippen molar-refractivity contribution >= 4 is 34.8 Å². The zero-order valence-corrected chi connectivity index (χ0v) is 20.4. The molecule has 1 heterocycles. The molecule has 1 fully saturated rings. The first-order valence-corrected chi connectivity index (χ1v) is 11.6. The van der Waals surface area contributed by atoms with Gasteiger partial charge >= 0.3 is 0 Å². The van der Waals surface area contributed by atoms with Gasteiger partial charge in [-0.3, -0.25) is 9.59 Å². The number of rotatable bonds is 6. The van der Waals surface area contributed by atoms with Gasteiger partial charge in [0, 0.05) is 23.2 Å². The molecule has 0 saturated carbocycles. The van der Waals surface area contributed by atoms with Crippen LogP contribution in [0.2, 0.25) is 5.02 Å². The number of nitrogens with one attached hydrogen (secondary N) is 1. The van der Waals surface area contributed by atoms with Gasteiger partial charge in [-0.25, -0.2) is 4.39 Å². The van der Waals surface area contributed by atoms with E-state index < -0.39 is 17.8 Å². The fourth-order valence-corrected chi connectivity index (χ4v) is 4.56. The van der Waals surface area contributed by atoms with E-state index in [1.807, 2.05) is 6.92 Å². The Morgan fingerprint density at radius 3 is 2.37 bits per heavy atom. The molecule has 2 atom stereocenters. The average molecular weight is 497 g/mol. The van der Waals surface area contributed by atoms with Crippen LogP contribution in [-0.2, 0) is 9.59 Å². The molecule has 8 heteroatoms. The Labute approximate surface area is 208 Å². The van der Waals surface area contributed by atoms with Crippen LogP contribution in [-0.4, -0.2) is 26.0 Å². The first-order valence-electron chi connectivity index (χ1n) is 11.2. The molecule has 6 nitrogen and oxygen atoms in total. The minimum Gasteiger partial charge on any atom is -0.497 e. The summed E-state index contributed by atoms with van der Waals surface area (Å²) in [4.78, 5) is 28.4. The lowest BCUT2D eigenvalue weighted by molar-refractivity contribution is -0.125. The zero-order valence-electron chi connectivity index (χ0n) is 19.7. The average Bonchev–Trinajstić information content (AvgIpc) is 2.86. The Balaban J connectivity index is 1.74. The monoisotopic (exact) mass is 496 g/mol. The summed E-state index contributed by atoms with van der Waals surface area (Å²) in [5, 5.41) is 3.49. The second-order valence-electron chi connectivity index (χ2n) is 8.39. The number of benzene rings is 3. The lowest BCUT2D eigenvalue weighted by Gasteiger charge is -2.41. The number of hydrogen-bond acceptors (Lipinski definition) is 4. The molecule has 2 amide bonds. The van der Waals surface area contributed by atoms with Crippen LogP contribution in [0.1, 0.15) is 30.0 Å². The van der Waals surface area contributed by atoms with Gasteiger partial charge < -0.3 is 19.7 Å². The molecular weight excluding hydrogens is 471 g/mol.